The third-order valence-corrected chi connectivity index (χ3v) is 3.86. The molecule has 0 unspecified atom stereocenters. The Morgan fingerprint density at radius 3 is 2.42 bits per heavy atom. The molecule has 6 heteroatoms. The van der Waals surface area contributed by atoms with Crippen LogP contribution in [0.4, 0.5) is 17.3 Å². The van der Waals surface area contributed by atoms with E-state index in [1.165, 1.54) is 5.56 Å². The monoisotopic (exact) mass is 349 g/mol. The Labute approximate surface area is 153 Å². The van der Waals surface area contributed by atoms with Crippen LogP contribution in [0, 0.1) is 0 Å². The summed E-state index contributed by atoms with van der Waals surface area (Å²) < 4.78 is 5.17. The molecule has 3 N–H and O–H groups in total. The minimum Gasteiger partial charge on any atom is -0.497 e. The Balaban J connectivity index is 1.68. The van der Waals surface area contributed by atoms with E-state index in [-0.39, 0.29) is 0 Å². The average Bonchev–Trinajstić information content (AvgIpc) is 2.62. The molecule has 0 atom stereocenters. The van der Waals surface area contributed by atoms with Crippen LogP contribution in [0.3, 0.4) is 0 Å². The topological polar surface area (TPSA) is 76.3 Å². The lowest BCUT2D eigenvalue weighted by Crippen LogP contribution is -2.19. The fourth-order valence-corrected chi connectivity index (χ4v) is 2.67. The van der Waals surface area contributed by atoms with Gasteiger partial charge in [0.25, 0.3) is 0 Å². The fourth-order valence-electron chi connectivity index (χ4n) is 2.67. The first kappa shape index (κ1) is 17.7. The van der Waals surface area contributed by atoms with Gasteiger partial charge >= 0.3 is 0 Å². The van der Waals surface area contributed by atoms with Crippen molar-refractivity contribution in [3.63, 3.8) is 0 Å². The molecule has 1 aromatic heterocycles. The summed E-state index contributed by atoms with van der Waals surface area (Å²) in [6.07, 6.45) is 0. The summed E-state index contributed by atoms with van der Waals surface area (Å²) in [7, 11) is 3.68. The molecular formula is C20H23N5O. The van der Waals surface area contributed by atoms with Gasteiger partial charge in [-0.15, -0.1) is 0 Å². The van der Waals surface area contributed by atoms with Crippen molar-refractivity contribution < 1.29 is 4.74 Å². The van der Waals surface area contributed by atoms with Gasteiger partial charge in [0, 0.05) is 18.3 Å². The molecule has 0 aliphatic heterocycles. The van der Waals surface area contributed by atoms with Gasteiger partial charge in [0.1, 0.15) is 23.2 Å². The van der Waals surface area contributed by atoms with Crippen LogP contribution in [0.2, 0.25) is 0 Å². The second-order valence-electron chi connectivity index (χ2n) is 6.11. The fraction of sp³-hybridized carbons (Fsp3) is 0.200. The highest BCUT2D eigenvalue weighted by Crippen LogP contribution is 2.20. The number of hydrogen-bond donors (Lipinski definition) is 2. The normalized spacial score (nSPS) is 10.7. The molecule has 0 fully saturated rings. The minimum atomic E-state index is 0.444. The first-order chi connectivity index (χ1) is 12.6. The van der Waals surface area contributed by atoms with Crippen LogP contribution in [0.15, 0.2) is 60.7 Å². The molecule has 0 saturated carbocycles. The van der Waals surface area contributed by atoms with Crippen molar-refractivity contribution in [2.75, 3.05) is 25.2 Å². The maximum Gasteiger partial charge on any atom is 0.147 e. The Bertz CT molecular complexity index is 837. The number of nitrogen functional groups attached to an aromatic ring is 1. The predicted molar refractivity (Wildman–Crippen MR) is 104 cm³/mol. The van der Waals surface area contributed by atoms with Gasteiger partial charge in [0.05, 0.1) is 13.7 Å². The summed E-state index contributed by atoms with van der Waals surface area (Å²) in [5, 5.41) is 3.25. The van der Waals surface area contributed by atoms with Crippen LogP contribution >= 0.6 is 0 Å². The third-order valence-electron chi connectivity index (χ3n) is 3.86. The smallest absolute Gasteiger partial charge is 0.147 e. The van der Waals surface area contributed by atoms with E-state index in [0.29, 0.717) is 24.0 Å². The number of hydrogen-bond acceptors (Lipinski definition) is 6. The van der Waals surface area contributed by atoms with Crippen LogP contribution in [0.5, 0.6) is 5.75 Å². The zero-order valence-electron chi connectivity index (χ0n) is 15.0. The Morgan fingerprint density at radius 1 is 1.00 bits per heavy atom. The summed E-state index contributed by atoms with van der Waals surface area (Å²) in [6.45, 7) is 1.43. The lowest BCUT2D eigenvalue weighted by Gasteiger charge is -2.16. The van der Waals surface area contributed by atoms with E-state index in [1.54, 1.807) is 13.2 Å². The highest BCUT2D eigenvalue weighted by atomic mass is 16.5. The Kier molecular flexibility index (Phi) is 5.66. The van der Waals surface area contributed by atoms with Gasteiger partial charge in [-0.2, -0.15) is 0 Å². The molecule has 0 aliphatic carbocycles. The molecular weight excluding hydrogens is 326 g/mol. The Morgan fingerprint density at radius 2 is 1.73 bits per heavy atom. The standard InChI is InChI=1S/C20H23N5O/c1-25(13-15-6-4-3-5-7-15)14-20-23-18(21)12-19(24-20)22-16-8-10-17(26-2)11-9-16/h3-12H,13-14H2,1-2H3,(H3,21,22,23,24). The molecule has 134 valence electrons. The lowest BCUT2D eigenvalue weighted by atomic mass is 10.2. The van der Waals surface area contributed by atoms with Crippen molar-refractivity contribution in [2.24, 2.45) is 0 Å². The van der Waals surface area contributed by atoms with Gasteiger partial charge in [-0.1, -0.05) is 30.3 Å². The second kappa shape index (κ2) is 8.31. The number of nitrogens with zero attached hydrogens (tertiary/aromatic N) is 3. The van der Waals surface area contributed by atoms with Crippen molar-refractivity contribution in [3.05, 3.63) is 72.1 Å². The predicted octanol–water partition coefficient (Wildman–Crippen LogP) is 3.44. The van der Waals surface area contributed by atoms with Gasteiger partial charge in [-0.3, -0.25) is 4.90 Å². The number of methoxy groups -OCH3 is 1. The van der Waals surface area contributed by atoms with E-state index in [1.807, 2.05) is 49.5 Å². The van der Waals surface area contributed by atoms with Crippen molar-refractivity contribution in [3.8, 4) is 5.75 Å². The molecule has 26 heavy (non-hydrogen) atoms. The third kappa shape index (κ3) is 4.94. The van der Waals surface area contributed by atoms with E-state index in [0.717, 1.165) is 18.0 Å². The van der Waals surface area contributed by atoms with Crippen LogP contribution in [-0.4, -0.2) is 29.0 Å². The van der Waals surface area contributed by atoms with Gasteiger partial charge < -0.3 is 15.8 Å². The van der Waals surface area contributed by atoms with Crippen LogP contribution in [0.1, 0.15) is 11.4 Å². The lowest BCUT2D eigenvalue weighted by molar-refractivity contribution is 0.311. The van der Waals surface area contributed by atoms with Crippen LogP contribution < -0.4 is 15.8 Å². The molecule has 0 bridgehead atoms. The SMILES string of the molecule is COc1ccc(Nc2cc(N)nc(CN(C)Cc3ccccc3)n2)cc1. The molecule has 0 amide bonds. The Hall–Kier alpha value is -3.12. The van der Waals surface area contributed by atoms with E-state index in [2.05, 4.69) is 32.3 Å². The van der Waals surface area contributed by atoms with Gasteiger partial charge in [-0.05, 0) is 36.9 Å². The summed E-state index contributed by atoms with van der Waals surface area (Å²) in [5.41, 5.74) is 8.11. The van der Waals surface area contributed by atoms with Crippen molar-refractivity contribution >= 4 is 17.3 Å². The molecule has 0 spiro atoms. The van der Waals surface area contributed by atoms with Crippen LogP contribution in [-0.2, 0) is 13.1 Å². The maximum absolute atomic E-state index is 5.96. The van der Waals surface area contributed by atoms with E-state index in [4.69, 9.17) is 10.5 Å². The number of anilines is 3. The summed E-state index contributed by atoms with van der Waals surface area (Å²) in [4.78, 5) is 11.1. The molecule has 2 aromatic carbocycles. The highest BCUT2D eigenvalue weighted by molar-refractivity contribution is 5.59. The maximum atomic E-state index is 5.96. The second-order valence-corrected chi connectivity index (χ2v) is 6.11. The quantitative estimate of drug-likeness (QED) is 0.680. The number of benzene rings is 2. The first-order valence-electron chi connectivity index (χ1n) is 8.39. The molecule has 0 saturated heterocycles. The molecule has 3 aromatic rings. The number of nitrogens with two attached hydrogens (primary N) is 1. The van der Waals surface area contributed by atoms with E-state index >= 15 is 0 Å². The summed E-state index contributed by atoms with van der Waals surface area (Å²) in [6, 6.07) is 19.7. The molecule has 0 aliphatic rings. The summed E-state index contributed by atoms with van der Waals surface area (Å²) >= 11 is 0. The van der Waals surface area contributed by atoms with Crippen molar-refractivity contribution in [1.82, 2.24) is 14.9 Å². The van der Waals surface area contributed by atoms with E-state index in [9.17, 15) is 0 Å². The minimum absolute atomic E-state index is 0.444. The number of aromatic nitrogens is 2. The number of nitrogens with one attached hydrogen (secondary N) is 1. The molecule has 0 radical (unpaired) electrons. The largest absolute Gasteiger partial charge is 0.497 e. The number of ether oxygens (including phenoxy) is 1. The van der Waals surface area contributed by atoms with Gasteiger partial charge in [0.2, 0.25) is 0 Å². The summed E-state index contributed by atoms with van der Waals surface area (Å²) in [5.74, 6) is 2.60. The molecule has 3 rings (SSSR count). The zero-order valence-corrected chi connectivity index (χ0v) is 15.0. The first-order valence-corrected chi connectivity index (χ1v) is 8.39. The average molecular weight is 349 g/mol. The molecule has 6 nitrogen and oxygen atoms in total. The van der Waals surface area contributed by atoms with Crippen molar-refractivity contribution in [2.45, 2.75) is 13.1 Å². The van der Waals surface area contributed by atoms with E-state index < -0.39 is 0 Å². The van der Waals surface area contributed by atoms with Gasteiger partial charge in [-0.25, -0.2) is 9.97 Å². The molecule has 1 heterocycles. The van der Waals surface area contributed by atoms with Crippen molar-refractivity contribution in [1.29, 1.82) is 0 Å². The number of rotatable bonds is 7. The van der Waals surface area contributed by atoms with Gasteiger partial charge in [0.15, 0.2) is 0 Å². The highest BCUT2D eigenvalue weighted by Gasteiger charge is 2.07. The van der Waals surface area contributed by atoms with Crippen LogP contribution in [0.25, 0.3) is 0 Å². The zero-order chi connectivity index (χ0) is 18.4.